The predicted molar refractivity (Wildman–Crippen MR) is 119 cm³/mol. The minimum atomic E-state index is -0.564. The van der Waals surface area contributed by atoms with E-state index in [0.717, 1.165) is 0 Å². The Bertz CT molecular complexity index is 1180. The van der Waals surface area contributed by atoms with Crippen molar-refractivity contribution in [1.82, 2.24) is 0 Å². The van der Waals surface area contributed by atoms with E-state index in [9.17, 15) is 10.1 Å². The maximum absolute atomic E-state index is 12.9. The van der Waals surface area contributed by atoms with Gasteiger partial charge in [0.25, 0.3) is 5.91 Å². The highest BCUT2D eigenvalue weighted by Gasteiger charge is 2.19. The Kier molecular flexibility index (Phi) is 6.23. The lowest BCUT2D eigenvalue weighted by Crippen LogP contribution is -2.16. The van der Waals surface area contributed by atoms with Gasteiger partial charge in [-0.1, -0.05) is 30.3 Å². The number of nitriles is 1. The number of para-hydroxylation sites is 3. The van der Waals surface area contributed by atoms with Gasteiger partial charge in [0.05, 0.1) is 12.8 Å². The number of rotatable bonds is 6. The maximum atomic E-state index is 12.9. The van der Waals surface area contributed by atoms with Crippen LogP contribution in [0.3, 0.4) is 0 Å². The Morgan fingerprint density at radius 1 is 1.03 bits per heavy atom. The van der Waals surface area contributed by atoms with Crippen LogP contribution in [0.1, 0.15) is 5.56 Å². The van der Waals surface area contributed by atoms with Crippen molar-refractivity contribution in [3.63, 3.8) is 0 Å². The molecule has 1 aliphatic rings. The van der Waals surface area contributed by atoms with Gasteiger partial charge in [-0.05, 0) is 48.0 Å². The number of benzene rings is 3. The van der Waals surface area contributed by atoms with Gasteiger partial charge in [0.1, 0.15) is 30.6 Å². The van der Waals surface area contributed by atoms with Gasteiger partial charge >= 0.3 is 0 Å². The summed E-state index contributed by atoms with van der Waals surface area (Å²) in [6.07, 6.45) is 1.47. The van der Waals surface area contributed by atoms with Crippen molar-refractivity contribution in [2.75, 3.05) is 25.6 Å². The fraction of sp³-hybridized carbons (Fsp3) is 0.120. The molecule has 32 heavy (non-hydrogen) atoms. The van der Waals surface area contributed by atoms with Crippen LogP contribution in [0.15, 0.2) is 72.3 Å². The molecule has 0 fully saturated rings. The molecular weight excluding hydrogens is 408 g/mol. The molecule has 0 bridgehead atoms. The van der Waals surface area contributed by atoms with Crippen LogP contribution in [0, 0.1) is 11.3 Å². The minimum absolute atomic E-state index is 0.0850. The molecule has 1 amide bonds. The first-order valence-electron chi connectivity index (χ1n) is 9.90. The molecule has 0 aliphatic carbocycles. The van der Waals surface area contributed by atoms with Gasteiger partial charge in [0, 0.05) is 0 Å². The van der Waals surface area contributed by atoms with E-state index in [0.29, 0.717) is 53.2 Å². The van der Waals surface area contributed by atoms with Crippen molar-refractivity contribution in [3.8, 4) is 34.8 Å². The third kappa shape index (κ3) is 4.65. The largest absolute Gasteiger partial charge is 0.493 e. The Morgan fingerprint density at radius 3 is 2.56 bits per heavy atom. The van der Waals surface area contributed by atoms with Crippen molar-refractivity contribution >= 4 is 17.7 Å². The lowest BCUT2D eigenvalue weighted by atomic mass is 10.1. The summed E-state index contributed by atoms with van der Waals surface area (Å²) in [5, 5.41) is 12.4. The zero-order valence-electron chi connectivity index (χ0n) is 17.3. The summed E-state index contributed by atoms with van der Waals surface area (Å²) in [6, 6.07) is 21.6. The predicted octanol–water partition coefficient (Wildman–Crippen LogP) is 4.80. The van der Waals surface area contributed by atoms with E-state index >= 15 is 0 Å². The number of ether oxygens (including phenoxy) is 4. The van der Waals surface area contributed by atoms with E-state index < -0.39 is 5.91 Å². The van der Waals surface area contributed by atoms with Crippen LogP contribution in [0.5, 0.6) is 28.7 Å². The molecule has 0 radical (unpaired) electrons. The summed E-state index contributed by atoms with van der Waals surface area (Å²) < 4.78 is 22.4. The molecule has 3 aromatic rings. The summed E-state index contributed by atoms with van der Waals surface area (Å²) in [5.41, 5.74) is 0.937. The summed E-state index contributed by atoms with van der Waals surface area (Å²) in [7, 11) is 1.52. The number of carbonyl (C=O) groups is 1. The maximum Gasteiger partial charge on any atom is 0.266 e. The molecule has 1 aliphatic heterocycles. The Labute approximate surface area is 185 Å². The second-order valence-electron chi connectivity index (χ2n) is 6.78. The summed E-state index contributed by atoms with van der Waals surface area (Å²) in [4.78, 5) is 12.9. The lowest BCUT2D eigenvalue weighted by molar-refractivity contribution is -0.112. The first-order chi connectivity index (χ1) is 15.7. The molecule has 0 unspecified atom stereocenters. The highest BCUT2D eigenvalue weighted by Crippen LogP contribution is 2.41. The second kappa shape index (κ2) is 9.58. The Morgan fingerprint density at radius 2 is 1.78 bits per heavy atom. The molecular formula is C25H20N2O5. The average Bonchev–Trinajstić information content (AvgIpc) is 2.83. The molecule has 4 rings (SSSR count). The molecule has 1 heterocycles. The normalized spacial score (nSPS) is 12.4. The van der Waals surface area contributed by atoms with Crippen molar-refractivity contribution in [1.29, 1.82) is 5.26 Å². The number of fused-ring (bicyclic) bond motifs is 1. The van der Waals surface area contributed by atoms with E-state index in [4.69, 9.17) is 18.9 Å². The quantitative estimate of drug-likeness (QED) is 0.448. The highest BCUT2D eigenvalue weighted by atomic mass is 16.6. The standard InChI is InChI=1S/C25H20N2O5/c1-29-22-14-17(15-23-24(22)31-12-11-30-23)13-18(16-26)25(28)27-20-9-5-6-10-21(20)32-19-7-3-2-4-8-19/h2-10,13-15H,11-12H2,1H3,(H,27,28)/b18-13+. The smallest absolute Gasteiger partial charge is 0.266 e. The first-order valence-corrected chi connectivity index (χ1v) is 9.90. The van der Waals surface area contributed by atoms with Gasteiger partial charge in [-0.15, -0.1) is 0 Å². The fourth-order valence-electron chi connectivity index (χ4n) is 3.16. The summed E-state index contributed by atoms with van der Waals surface area (Å²) >= 11 is 0. The van der Waals surface area contributed by atoms with Crippen molar-refractivity contribution in [2.45, 2.75) is 0 Å². The number of methoxy groups -OCH3 is 1. The van der Waals surface area contributed by atoms with Gasteiger partial charge in [0.15, 0.2) is 17.2 Å². The average molecular weight is 428 g/mol. The van der Waals surface area contributed by atoms with Gasteiger partial charge in [0.2, 0.25) is 5.75 Å². The molecule has 7 heteroatoms. The Balaban J connectivity index is 1.58. The molecule has 0 spiro atoms. The molecule has 3 aromatic carbocycles. The topological polar surface area (TPSA) is 89.8 Å². The molecule has 0 saturated carbocycles. The zero-order valence-corrected chi connectivity index (χ0v) is 17.3. The molecule has 0 aromatic heterocycles. The van der Waals surface area contributed by atoms with Crippen LogP contribution >= 0.6 is 0 Å². The van der Waals surface area contributed by atoms with Crippen LogP contribution in [0.25, 0.3) is 6.08 Å². The first kappa shape index (κ1) is 20.8. The molecule has 160 valence electrons. The van der Waals surface area contributed by atoms with E-state index in [2.05, 4.69) is 5.32 Å². The number of nitrogens with one attached hydrogen (secondary N) is 1. The van der Waals surface area contributed by atoms with E-state index in [1.165, 1.54) is 13.2 Å². The molecule has 7 nitrogen and oxygen atoms in total. The van der Waals surface area contributed by atoms with E-state index in [1.807, 2.05) is 36.4 Å². The number of carbonyl (C=O) groups excluding carboxylic acids is 1. The number of nitrogens with zero attached hydrogens (tertiary/aromatic N) is 1. The molecule has 1 N–H and O–H groups in total. The van der Waals surface area contributed by atoms with Crippen LogP contribution in [0.2, 0.25) is 0 Å². The Hall–Kier alpha value is -4.44. The van der Waals surface area contributed by atoms with Gasteiger partial charge in [-0.25, -0.2) is 0 Å². The van der Waals surface area contributed by atoms with Gasteiger partial charge in [-0.2, -0.15) is 5.26 Å². The van der Waals surface area contributed by atoms with Crippen LogP contribution in [-0.4, -0.2) is 26.2 Å². The van der Waals surface area contributed by atoms with Crippen LogP contribution in [0.4, 0.5) is 5.69 Å². The fourth-order valence-corrected chi connectivity index (χ4v) is 3.16. The van der Waals surface area contributed by atoms with Crippen molar-refractivity contribution in [3.05, 3.63) is 77.9 Å². The summed E-state index contributed by atoms with van der Waals surface area (Å²) in [6.45, 7) is 0.835. The number of hydrogen-bond acceptors (Lipinski definition) is 6. The van der Waals surface area contributed by atoms with E-state index in [1.54, 1.807) is 36.4 Å². The van der Waals surface area contributed by atoms with Gasteiger partial charge in [-0.3, -0.25) is 4.79 Å². The van der Waals surface area contributed by atoms with E-state index in [-0.39, 0.29) is 5.57 Å². The molecule has 0 atom stereocenters. The zero-order chi connectivity index (χ0) is 22.3. The number of anilines is 1. The lowest BCUT2D eigenvalue weighted by Gasteiger charge is -2.21. The molecule has 0 saturated heterocycles. The second-order valence-corrected chi connectivity index (χ2v) is 6.78. The summed E-state index contributed by atoms with van der Waals surface area (Å²) in [5.74, 6) is 2.00. The van der Waals surface area contributed by atoms with Gasteiger partial charge < -0.3 is 24.3 Å². The number of amides is 1. The monoisotopic (exact) mass is 428 g/mol. The third-order valence-corrected chi connectivity index (χ3v) is 4.63. The van der Waals surface area contributed by atoms with Crippen LogP contribution in [-0.2, 0) is 4.79 Å². The third-order valence-electron chi connectivity index (χ3n) is 4.63. The van der Waals surface area contributed by atoms with Crippen molar-refractivity contribution in [2.24, 2.45) is 0 Å². The highest BCUT2D eigenvalue weighted by molar-refractivity contribution is 6.10. The van der Waals surface area contributed by atoms with Crippen molar-refractivity contribution < 1.29 is 23.7 Å². The SMILES string of the molecule is COc1cc(/C=C(\C#N)C(=O)Nc2ccccc2Oc2ccccc2)cc2c1OCCO2. The minimum Gasteiger partial charge on any atom is -0.493 e. The number of hydrogen-bond donors (Lipinski definition) is 1. The van der Waals surface area contributed by atoms with Crippen LogP contribution < -0.4 is 24.3 Å².